The fourth-order valence-electron chi connectivity index (χ4n) is 2.28. The van der Waals surface area contributed by atoms with Crippen molar-refractivity contribution >= 4 is 23.0 Å². The summed E-state index contributed by atoms with van der Waals surface area (Å²) in [4.78, 5) is 23.7. The predicted octanol–water partition coefficient (Wildman–Crippen LogP) is 3.05. The number of H-pyrrole nitrogens is 1. The van der Waals surface area contributed by atoms with Gasteiger partial charge in [-0.2, -0.15) is 5.10 Å². The van der Waals surface area contributed by atoms with E-state index in [9.17, 15) is 9.90 Å². The molecule has 25 heavy (non-hydrogen) atoms. The van der Waals surface area contributed by atoms with Crippen molar-refractivity contribution in [2.75, 3.05) is 5.43 Å². The lowest BCUT2D eigenvalue weighted by molar-refractivity contribution is 0.475. The number of hydrogen-bond donors (Lipinski definition) is 3. The third-order valence-corrected chi connectivity index (χ3v) is 4.75. The number of aromatic amines is 1. The molecule has 0 aliphatic rings. The SMILES string of the molecule is C/C(=N\Nc1nc(C)cc(=O)[nH]1)c1sc(-c2ccc(O)cc2)nc1C. The Kier molecular flexibility index (Phi) is 4.62. The second-order valence-electron chi connectivity index (χ2n) is 5.52. The normalized spacial score (nSPS) is 11.6. The summed E-state index contributed by atoms with van der Waals surface area (Å²) in [6.45, 7) is 5.53. The Bertz CT molecular complexity index is 989. The molecule has 0 spiro atoms. The number of phenols is 1. The van der Waals surface area contributed by atoms with Crippen LogP contribution in [0.4, 0.5) is 5.95 Å². The van der Waals surface area contributed by atoms with E-state index in [1.165, 1.54) is 17.4 Å². The summed E-state index contributed by atoms with van der Waals surface area (Å²) in [7, 11) is 0. The summed E-state index contributed by atoms with van der Waals surface area (Å²) in [5, 5.41) is 14.5. The van der Waals surface area contributed by atoms with Crippen molar-refractivity contribution in [1.82, 2.24) is 15.0 Å². The van der Waals surface area contributed by atoms with Gasteiger partial charge in [-0.05, 0) is 45.0 Å². The molecule has 0 unspecified atom stereocenters. The van der Waals surface area contributed by atoms with Crippen LogP contribution in [0.3, 0.4) is 0 Å². The van der Waals surface area contributed by atoms with Gasteiger partial charge >= 0.3 is 0 Å². The van der Waals surface area contributed by atoms with E-state index >= 15 is 0 Å². The van der Waals surface area contributed by atoms with Crippen molar-refractivity contribution in [1.29, 1.82) is 0 Å². The molecule has 2 heterocycles. The number of anilines is 1. The van der Waals surface area contributed by atoms with Gasteiger partial charge in [0.1, 0.15) is 10.8 Å². The number of aromatic nitrogens is 3. The Morgan fingerprint density at radius 1 is 1.24 bits per heavy atom. The summed E-state index contributed by atoms with van der Waals surface area (Å²) in [5.41, 5.74) is 5.69. The van der Waals surface area contributed by atoms with E-state index < -0.39 is 0 Å². The average molecular weight is 355 g/mol. The largest absolute Gasteiger partial charge is 0.508 e. The van der Waals surface area contributed by atoms with E-state index in [2.05, 4.69) is 25.5 Å². The van der Waals surface area contributed by atoms with Gasteiger partial charge in [-0.3, -0.25) is 9.78 Å². The van der Waals surface area contributed by atoms with Gasteiger partial charge in [-0.1, -0.05) is 0 Å². The van der Waals surface area contributed by atoms with Gasteiger partial charge in [0.05, 0.1) is 16.3 Å². The quantitative estimate of drug-likeness (QED) is 0.493. The third-order valence-electron chi connectivity index (χ3n) is 3.44. The van der Waals surface area contributed by atoms with Crippen molar-refractivity contribution in [2.24, 2.45) is 5.10 Å². The van der Waals surface area contributed by atoms with Gasteiger partial charge in [-0.25, -0.2) is 15.4 Å². The lowest BCUT2D eigenvalue weighted by Gasteiger charge is -2.02. The highest BCUT2D eigenvalue weighted by Crippen LogP contribution is 2.29. The first kappa shape index (κ1) is 16.8. The van der Waals surface area contributed by atoms with E-state index in [0.717, 1.165) is 26.9 Å². The zero-order chi connectivity index (χ0) is 18.0. The van der Waals surface area contributed by atoms with Crippen LogP contribution in [0.5, 0.6) is 5.75 Å². The number of thiazole rings is 1. The lowest BCUT2D eigenvalue weighted by Crippen LogP contribution is -2.11. The molecule has 2 aromatic heterocycles. The first-order valence-corrected chi connectivity index (χ1v) is 8.39. The molecule has 0 fully saturated rings. The number of aromatic hydroxyl groups is 1. The van der Waals surface area contributed by atoms with Gasteiger partial charge in [0.2, 0.25) is 5.95 Å². The first-order chi connectivity index (χ1) is 11.9. The molecule has 0 bridgehead atoms. The summed E-state index contributed by atoms with van der Waals surface area (Å²) >= 11 is 1.51. The minimum Gasteiger partial charge on any atom is -0.508 e. The Morgan fingerprint density at radius 2 is 1.96 bits per heavy atom. The third kappa shape index (κ3) is 3.92. The number of rotatable bonds is 4. The van der Waals surface area contributed by atoms with E-state index in [0.29, 0.717) is 11.6 Å². The minimum atomic E-state index is -0.230. The Morgan fingerprint density at radius 3 is 2.64 bits per heavy atom. The monoisotopic (exact) mass is 355 g/mol. The van der Waals surface area contributed by atoms with Crippen LogP contribution in [-0.2, 0) is 0 Å². The van der Waals surface area contributed by atoms with Crippen molar-refractivity contribution in [3.05, 3.63) is 57.0 Å². The molecule has 0 radical (unpaired) electrons. The van der Waals surface area contributed by atoms with Crippen LogP contribution in [0, 0.1) is 13.8 Å². The Labute approximate surface area is 148 Å². The fourth-order valence-corrected chi connectivity index (χ4v) is 3.30. The zero-order valence-electron chi connectivity index (χ0n) is 14.0. The lowest BCUT2D eigenvalue weighted by atomic mass is 10.2. The minimum absolute atomic E-state index is 0.221. The Hall–Kier alpha value is -3.00. The molecule has 0 aliphatic carbocycles. The van der Waals surface area contributed by atoms with Crippen molar-refractivity contribution in [3.63, 3.8) is 0 Å². The van der Waals surface area contributed by atoms with Gasteiger partial charge in [0, 0.05) is 17.3 Å². The molecule has 7 nitrogen and oxygen atoms in total. The maximum atomic E-state index is 11.5. The number of hydrazone groups is 1. The van der Waals surface area contributed by atoms with E-state index in [1.807, 2.05) is 26.0 Å². The molecule has 0 amide bonds. The van der Waals surface area contributed by atoms with Crippen LogP contribution in [0.25, 0.3) is 10.6 Å². The molecule has 3 rings (SSSR count). The summed E-state index contributed by atoms with van der Waals surface area (Å²) < 4.78 is 0. The molecule has 8 heteroatoms. The summed E-state index contributed by atoms with van der Waals surface area (Å²) in [6, 6.07) is 8.33. The molecular formula is C17H17N5O2S. The zero-order valence-corrected chi connectivity index (χ0v) is 14.8. The highest BCUT2D eigenvalue weighted by molar-refractivity contribution is 7.17. The van der Waals surface area contributed by atoms with Crippen molar-refractivity contribution in [2.45, 2.75) is 20.8 Å². The summed E-state index contributed by atoms with van der Waals surface area (Å²) in [6.07, 6.45) is 0. The first-order valence-electron chi connectivity index (χ1n) is 7.58. The topological polar surface area (TPSA) is 103 Å². The molecule has 128 valence electrons. The van der Waals surface area contributed by atoms with Crippen LogP contribution < -0.4 is 11.0 Å². The molecular weight excluding hydrogens is 338 g/mol. The van der Waals surface area contributed by atoms with E-state index in [1.54, 1.807) is 19.1 Å². The van der Waals surface area contributed by atoms with E-state index in [-0.39, 0.29) is 11.3 Å². The van der Waals surface area contributed by atoms with Crippen LogP contribution in [0.1, 0.15) is 23.2 Å². The number of benzene rings is 1. The second kappa shape index (κ2) is 6.86. The smallest absolute Gasteiger partial charge is 0.252 e. The molecule has 3 N–H and O–H groups in total. The summed E-state index contributed by atoms with van der Waals surface area (Å²) in [5.74, 6) is 0.518. The molecule has 1 aromatic carbocycles. The predicted molar refractivity (Wildman–Crippen MR) is 99.4 cm³/mol. The highest BCUT2D eigenvalue weighted by Gasteiger charge is 2.12. The van der Waals surface area contributed by atoms with Crippen LogP contribution >= 0.6 is 11.3 Å². The van der Waals surface area contributed by atoms with Crippen LogP contribution in [0.2, 0.25) is 0 Å². The van der Waals surface area contributed by atoms with Crippen molar-refractivity contribution < 1.29 is 5.11 Å². The molecule has 3 aromatic rings. The number of hydrogen-bond acceptors (Lipinski definition) is 7. The van der Waals surface area contributed by atoms with Gasteiger partial charge in [0.25, 0.3) is 5.56 Å². The number of nitrogens with zero attached hydrogens (tertiary/aromatic N) is 3. The van der Waals surface area contributed by atoms with E-state index in [4.69, 9.17) is 0 Å². The van der Waals surface area contributed by atoms with Crippen LogP contribution in [0.15, 0.2) is 40.2 Å². The van der Waals surface area contributed by atoms with Crippen LogP contribution in [-0.4, -0.2) is 25.8 Å². The molecule has 0 atom stereocenters. The second-order valence-corrected chi connectivity index (χ2v) is 6.52. The maximum absolute atomic E-state index is 11.5. The standard InChI is InChI=1S/C17H17N5O2S/c1-9-8-14(24)20-17(18-9)22-21-11(3)15-10(2)19-16(25-15)12-4-6-13(23)7-5-12/h4-8,23H,1-3H3,(H2,18,20,22,24)/b21-11+. The fraction of sp³-hybridized carbons (Fsp3) is 0.176. The molecule has 0 saturated carbocycles. The van der Waals surface area contributed by atoms with Gasteiger partial charge < -0.3 is 5.11 Å². The Balaban J connectivity index is 1.85. The number of aryl methyl sites for hydroxylation is 2. The molecule has 0 aliphatic heterocycles. The number of phenolic OH excluding ortho intramolecular Hbond substituents is 1. The highest BCUT2D eigenvalue weighted by atomic mass is 32.1. The van der Waals surface area contributed by atoms with Gasteiger partial charge in [-0.15, -0.1) is 11.3 Å². The number of nitrogens with one attached hydrogen (secondary N) is 2. The molecule has 0 saturated heterocycles. The van der Waals surface area contributed by atoms with Gasteiger partial charge in [0.15, 0.2) is 0 Å². The average Bonchev–Trinajstić information content (AvgIpc) is 2.94. The maximum Gasteiger partial charge on any atom is 0.252 e. The van der Waals surface area contributed by atoms with Crippen molar-refractivity contribution in [3.8, 4) is 16.3 Å².